The second-order valence-corrected chi connectivity index (χ2v) is 6.80. The molecule has 0 amide bonds. The monoisotopic (exact) mass is 567 g/mol. The Labute approximate surface area is 203 Å². The fourth-order valence-electron chi connectivity index (χ4n) is 2.85. The van der Waals surface area contributed by atoms with Gasteiger partial charge < -0.3 is 24.8 Å². The number of methoxy groups -OCH3 is 2. The molecular weight excluding hydrogens is 538 g/mol. The summed E-state index contributed by atoms with van der Waals surface area (Å²) in [4.78, 5) is 4.19. The van der Waals surface area contributed by atoms with E-state index in [4.69, 9.17) is 14.2 Å². The van der Waals surface area contributed by atoms with Gasteiger partial charge in [0.15, 0.2) is 24.1 Å². The van der Waals surface area contributed by atoms with Gasteiger partial charge in [0.1, 0.15) is 5.75 Å². The number of nitrogens with zero attached hydrogens (tertiary/aromatic N) is 1. The van der Waals surface area contributed by atoms with Crippen molar-refractivity contribution in [1.29, 1.82) is 0 Å². The highest BCUT2D eigenvalue weighted by Crippen LogP contribution is 2.29. The van der Waals surface area contributed by atoms with Crippen molar-refractivity contribution >= 4 is 29.9 Å². The molecule has 0 aliphatic rings. The Morgan fingerprint density at radius 3 is 2.22 bits per heavy atom. The highest BCUT2D eigenvalue weighted by atomic mass is 127. The summed E-state index contributed by atoms with van der Waals surface area (Å²) >= 11 is 0. The minimum atomic E-state index is -4.41. The third kappa shape index (κ3) is 9.01. The van der Waals surface area contributed by atoms with Gasteiger partial charge in [-0.25, -0.2) is 0 Å². The van der Waals surface area contributed by atoms with Gasteiger partial charge in [0.2, 0.25) is 0 Å². The van der Waals surface area contributed by atoms with E-state index in [1.54, 1.807) is 26.3 Å². The Balaban J connectivity index is 0.00000512. The Morgan fingerprint density at radius 2 is 1.59 bits per heavy atom. The van der Waals surface area contributed by atoms with Crippen molar-refractivity contribution in [3.8, 4) is 17.2 Å². The van der Waals surface area contributed by atoms with Crippen LogP contribution in [0.15, 0.2) is 41.4 Å². The molecule has 0 bridgehead atoms. The van der Waals surface area contributed by atoms with Crippen LogP contribution in [-0.2, 0) is 13.0 Å². The van der Waals surface area contributed by atoms with Crippen LogP contribution in [0.5, 0.6) is 17.2 Å². The molecule has 2 N–H and O–H groups in total. The lowest BCUT2D eigenvalue weighted by Crippen LogP contribution is -2.37. The molecule has 6 nitrogen and oxygen atoms in total. The van der Waals surface area contributed by atoms with Crippen LogP contribution in [0.3, 0.4) is 0 Å². The molecule has 178 valence electrons. The van der Waals surface area contributed by atoms with Gasteiger partial charge in [-0.05, 0) is 48.2 Å². The molecule has 0 aliphatic carbocycles. The summed E-state index contributed by atoms with van der Waals surface area (Å²) < 4.78 is 52.4. The van der Waals surface area contributed by atoms with Crippen molar-refractivity contribution in [3.63, 3.8) is 0 Å². The van der Waals surface area contributed by atoms with Gasteiger partial charge in [-0.15, -0.1) is 24.0 Å². The maximum absolute atomic E-state index is 12.4. The number of halogens is 4. The minimum absolute atomic E-state index is 0. The van der Waals surface area contributed by atoms with Gasteiger partial charge in [-0.1, -0.05) is 18.2 Å². The molecule has 0 saturated heterocycles. The molecule has 10 heteroatoms. The van der Waals surface area contributed by atoms with E-state index in [0.717, 1.165) is 28.9 Å². The Hall–Kier alpha value is -2.37. The van der Waals surface area contributed by atoms with Crippen LogP contribution < -0.4 is 24.8 Å². The van der Waals surface area contributed by atoms with Crippen molar-refractivity contribution in [2.24, 2.45) is 4.99 Å². The molecule has 0 unspecified atom stereocenters. The summed E-state index contributed by atoms with van der Waals surface area (Å²) in [6.07, 6.45) is -3.62. The van der Waals surface area contributed by atoms with E-state index in [9.17, 15) is 13.2 Å². The molecule has 32 heavy (non-hydrogen) atoms. The van der Waals surface area contributed by atoms with Crippen LogP contribution in [0.2, 0.25) is 0 Å². The highest BCUT2D eigenvalue weighted by molar-refractivity contribution is 14.0. The number of rotatable bonds is 9. The van der Waals surface area contributed by atoms with Gasteiger partial charge in [0, 0.05) is 20.1 Å². The molecule has 0 heterocycles. The van der Waals surface area contributed by atoms with Gasteiger partial charge in [0.05, 0.1) is 14.2 Å². The summed E-state index contributed by atoms with van der Waals surface area (Å²) in [5, 5.41) is 6.40. The number of alkyl halides is 3. The Morgan fingerprint density at radius 1 is 0.938 bits per heavy atom. The SMILES string of the molecule is CN=C(NCCc1ccc(C)c(OC)c1)NCc1ccc(OCC(F)(F)F)c(OC)c1.I. The molecular formula is C22H29F3IN3O3. The first kappa shape index (κ1) is 27.7. The fourth-order valence-corrected chi connectivity index (χ4v) is 2.85. The lowest BCUT2D eigenvalue weighted by atomic mass is 10.1. The van der Waals surface area contributed by atoms with Crippen molar-refractivity contribution < 1.29 is 27.4 Å². The summed E-state index contributed by atoms with van der Waals surface area (Å²) in [6.45, 7) is 1.70. The first-order valence-electron chi connectivity index (χ1n) is 9.70. The molecule has 2 aromatic rings. The first-order chi connectivity index (χ1) is 14.8. The minimum Gasteiger partial charge on any atom is -0.496 e. The summed E-state index contributed by atoms with van der Waals surface area (Å²) in [6, 6.07) is 10.9. The van der Waals surface area contributed by atoms with Crippen molar-refractivity contribution in [2.45, 2.75) is 26.1 Å². The number of hydrogen-bond acceptors (Lipinski definition) is 4. The van der Waals surface area contributed by atoms with Crippen molar-refractivity contribution in [2.75, 3.05) is 34.4 Å². The van der Waals surface area contributed by atoms with E-state index in [-0.39, 0.29) is 35.5 Å². The zero-order valence-corrected chi connectivity index (χ0v) is 20.8. The van der Waals surface area contributed by atoms with E-state index in [0.29, 0.717) is 19.0 Å². The maximum atomic E-state index is 12.4. The molecule has 0 fully saturated rings. The molecule has 2 rings (SSSR count). The fraction of sp³-hybridized carbons (Fsp3) is 0.409. The zero-order valence-electron chi connectivity index (χ0n) is 18.5. The molecule has 0 saturated carbocycles. The lowest BCUT2D eigenvalue weighted by molar-refractivity contribution is -0.153. The smallest absolute Gasteiger partial charge is 0.422 e. The van der Waals surface area contributed by atoms with Gasteiger partial charge in [-0.3, -0.25) is 4.99 Å². The van der Waals surface area contributed by atoms with Crippen LogP contribution >= 0.6 is 24.0 Å². The van der Waals surface area contributed by atoms with Crippen LogP contribution in [0, 0.1) is 6.92 Å². The second-order valence-electron chi connectivity index (χ2n) is 6.80. The quantitative estimate of drug-likeness (QED) is 0.266. The van der Waals surface area contributed by atoms with Crippen LogP contribution in [-0.4, -0.2) is 46.6 Å². The maximum Gasteiger partial charge on any atom is 0.422 e. The molecule has 0 spiro atoms. The van der Waals surface area contributed by atoms with E-state index < -0.39 is 12.8 Å². The van der Waals surface area contributed by atoms with E-state index in [1.165, 1.54) is 13.2 Å². The molecule has 0 aliphatic heterocycles. The van der Waals surface area contributed by atoms with Gasteiger partial charge in [-0.2, -0.15) is 13.2 Å². The number of benzene rings is 2. The zero-order chi connectivity index (χ0) is 22.9. The van der Waals surface area contributed by atoms with E-state index in [2.05, 4.69) is 21.7 Å². The first-order valence-corrected chi connectivity index (χ1v) is 9.70. The third-order valence-corrected chi connectivity index (χ3v) is 4.48. The van der Waals surface area contributed by atoms with Crippen molar-refractivity contribution in [1.82, 2.24) is 10.6 Å². The molecule has 2 aromatic carbocycles. The normalized spacial score (nSPS) is 11.4. The average molecular weight is 567 g/mol. The van der Waals surface area contributed by atoms with Crippen molar-refractivity contribution in [3.05, 3.63) is 53.1 Å². The molecule has 0 aromatic heterocycles. The number of hydrogen-bond donors (Lipinski definition) is 2. The highest BCUT2D eigenvalue weighted by Gasteiger charge is 2.29. The molecule has 0 radical (unpaired) electrons. The number of ether oxygens (including phenoxy) is 3. The predicted octanol–water partition coefficient (Wildman–Crippen LogP) is 4.48. The number of aryl methyl sites for hydroxylation is 1. The van der Waals surface area contributed by atoms with Gasteiger partial charge >= 0.3 is 6.18 Å². The number of nitrogens with one attached hydrogen (secondary N) is 2. The standard InChI is InChI=1S/C22H28F3N3O3.HI/c1-15-5-6-16(11-19(15)29-3)9-10-27-21(26-2)28-13-17-7-8-18(20(12-17)30-4)31-14-22(23,24)25;/h5-8,11-12H,9-10,13-14H2,1-4H3,(H2,26,27,28);1H. The average Bonchev–Trinajstić information content (AvgIpc) is 2.75. The van der Waals surface area contributed by atoms with Crippen LogP contribution in [0.4, 0.5) is 13.2 Å². The van der Waals surface area contributed by atoms with E-state index >= 15 is 0 Å². The second kappa shape index (κ2) is 13.2. The molecule has 0 atom stereocenters. The Bertz CT molecular complexity index is 892. The Kier molecular flexibility index (Phi) is 11.4. The number of guanidine groups is 1. The summed E-state index contributed by atoms with van der Waals surface area (Å²) in [5.41, 5.74) is 3.04. The predicted molar refractivity (Wildman–Crippen MR) is 130 cm³/mol. The lowest BCUT2D eigenvalue weighted by Gasteiger charge is -2.15. The van der Waals surface area contributed by atoms with E-state index in [1.807, 2.05) is 19.1 Å². The topological polar surface area (TPSA) is 64.1 Å². The third-order valence-electron chi connectivity index (χ3n) is 4.48. The number of aliphatic imine (C=N–C) groups is 1. The van der Waals surface area contributed by atoms with Crippen LogP contribution in [0.25, 0.3) is 0 Å². The summed E-state index contributed by atoms with van der Waals surface area (Å²) in [7, 11) is 4.70. The largest absolute Gasteiger partial charge is 0.496 e. The van der Waals surface area contributed by atoms with Gasteiger partial charge in [0.25, 0.3) is 0 Å². The summed E-state index contributed by atoms with van der Waals surface area (Å²) in [5.74, 6) is 1.74. The van der Waals surface area contributed by atoms with Crippen LogP contribution in [0.1, 0.15) is 16.7 Å².